The Morgan fingerprint density at radius 3 is 2.37 bits per heavy atom. The maximum absolute atomic E-state index is 12.9. The van der Waals surface area contributed by atoms with E-state index in [9.17, 15) is 4.79 Å². The van der Waals surface area contributed by atoms with Crippen molar-refractivity contribution in [3.05, 3.63) is 71.7 Å². The van der Waals surface area contributed by atoms with E-state index in [2.05, 4.69) is 34.0 Å². The minimum Gasteiger partial charge on any atom is -0.353 e. The van der Waals surface area contributed by atoms with E-state index < -0.39 is 0 Å². The predicted molar refractivity (Wildman–Crippen MR) is 105 cm³/mol. The van der Waals surface area contributed by atoms with Crippen molar-refractivity contribution in [3.63, 3.8) is 0 Å². The summed E-state index contributed by atoms with van der Waals surface area (Å²) in [5.74, 6) is 0.953. The van der Waals surface area contributed by atoms with E-state index >= 15 is 0 Å². The predicted octanol–water partition coefficient (Wildman–Crippen LogP) is 2.85. The minimum atomic E-state index is -0.00960. The molecule has 6 heteroatoms. The summed E-state index contributed by atoms with van der Waals surface area (Å²) in [4.78, 5) is 21.4. The fraction of sp³-hybridized carbons (Fsp3) is 0.286. The summed E-state index contributed by atoms with van der Waals surface area (Å²) in [5, 5.41) is 4.56. The van der Waals surface area contributed by atoms with Crippen molar-refractivity contribution < 1.29 is 4.79 Å². The third kappa shape index (κ3) is 3.56. The summed E-state index contributed by atoms with van der Waals surface area (Å²) in [6, 6.07) is 15.9. The number of carbonyl (C=O) groups excluding carboxylic acids is 1. The second-order valence-corrected chi connectivity index (χ2v) is 6.89. The third-order valence-corrected chi connectivity index (χ3v) is 4.93. The first-order valence-electron chi connectivity index (χ1n) is 9.21. The van der Waals surface area contributed by atoms with E-state index in [4.69, 9.17) is 0 Å². The van der Waals surface area contributed by atoms with Crippen LogP contribution in [-0.4, -0.2) is 51.8 Å². The molecule has 0 atom stereocenters. The first-order valence-corrected chi connectivity index (χ1v) is 9.21. The molecular weight excluding hydrogens is 338 g/mol. The van der Waals surface area contributed by atoms with E-state index in [0.29, 0.717) is 18.8 Å². The smallest absolute Gasteiger partial charge is 0.274 e. The highest BCUT2D eigenvalue weighted by atomic mass is 16.2. The van der Waals surface area contributed by atoms with Gasteiger partial charge in [-0.25, -0.2) is 9.67 Å². The van der Waals surface area contributed by atoms with Gasteiger partial charge in [0.15, 0.2) is 5.69 Å². The normalized spacial score (nSPS) is 14.4. The fourth-order valence-electron chi connectivity index (χ4n) is 3.37. The van der Waals surface area contributed by atoms with Gasteiger partial charge in [-0.05, 0) is 44.2 Å². The van der Waals surface area contributed by atoms with Crippen LogP contribution in [-0.2, 0) is 0 Å². The van der Waals surface area contributed by atoms with Crippen LogP contribution < -0.4 is 4.90 Å². The first kappa shape index (κ1) is 17.3. The van der Waals surface area contributed by atoms with Crippen LogP contribution >= 0.6 is 0 Å². The molecule has 0 aliphatic carbocycles. The molecule has 1 aliphatic rings. The quantitative estimate of drug-likeness (QED) is 0.720. The van der Waals surface area contributed by atoms with Crippen molar-refractivity contribution in [3.8, 4) is 5.69 Å². The molecule has 4 rings (SSSR count). The standard InChI is InChI=1S/C21H23N5O/c1-16-6-8-18(9-7-16)26-17(2)15-19(23-26)21(27)25-13-11-24(12-14-25)20-5-3-4-10-22-20/h3-10,15H,11-14H2,1-2H3. The molecule has 0 bridgehead atoms. The molecule has 138 valence electrons. The third-order valence-electron chi connectivity index (χ3n) is 4.93. The number of anilines is 1. The van der Waals surface area contributed by atoms with E-state index in [0.717, 1.165) is 30.3 Å². The fourth-order valence-corrected chi connectivity index (χ4v) is 3.37. The zero-order valence-electron chi connectivity index (χ0n) is 15.7. The highest BCUT2D eigenvalue weighted by Crippen LogP contribution is 2.17. The average Bonchev–Trinajstić information content (AvgIpc) is 3.10. The van der Waals surface area contributed by atoms with Crippen LogP contribution in [0.15, 0.2) is 54.7 Å². The molecule has 3 heterocycles. The molecule has 1 saturated heterocycles. The van der Waals surface area contributed by atoms with Crippen molar-refractivity contribution in [2.24, 2.45) is 0 Å². The van der Waals surface area contributed by atoms with Crippen LogP contribution in [0.5, 0.6) is 0 Å². The molecule has 3 aromatic rings. The van der Waals surface area contributed by atoms with Crippen molar-refractivity contribution >= 4 is 11.7 Å². The average molecular weight is 361 g/mol. The lowest BCUT2D eigenvalue weighted by Gasteiger charge is -2.35. The number of nitrogens with zero attached hydrogens (tertiary/aromatic N) is 5. The number of aromatic nitrogens is 3. The Morgan fingerprint density at radius 2 is 1.70 bits per heavy atom. The number of amides is 1. The maximum atomic E-state index is 12.9. The van der Waals surface area contributed by atoms with Crippen molar-refractivity contribution in [2.45, 2.75) is 13.8 Å². The van der Waals surface area contributed by atoms with Crippen LogP contribution in [0.1, 0.15) is 21.7 Å². The molecule has 1 aliphatic heterocycles. The van der Waals surface area contributed by atoms with Crippen LogP contribution in [0.2, 0.25) is 0 Å². The number of hydrogen-bond acceptors (Lipinski definition) is 4. The Labute approximate surface area is 159 Å². The largest absolute Gasteiger partial charge is 0.353 e. The molecule has 0 spiro atoms. The van der Waals surface area contributed by atoms with Gasteiger partial charge in [0, 0.05) is 38.1 Å². The monoisotopic (exact) mass is 361 g/mol. The van der Waals surface area contributed by atoms with E-state index in [1.54, 1.807) is 6.20 Å². The summed E-state index contributed by atoms with van der Waals surface area (Å²) < 4.78 is 1.83. The first-order chi connectivity index (χ1) is 13.1. The highest BCUT2D eigenvalue weighted by Gasteiger charge is 2.25. The van der Waals surface area contributed by atoms with Crippen molar-refractivity contribution in [1.29, 1.82) is 0 Å². The molecule has 1 fully saturated rings. The maximum Gasteiger partial charge on any atom is 0.274 e. The van der Waals surface area contributed by atoms with E-state index in [1.807, 2.05) is 52.9 Å². The number of benzene rings is 1. The number of piperazine rings is 1. The van der Waals surface area contributed by atoms with Gasteiger partial charge in [0.05, 0.1) is 5.69 Å². The number of pyridine rings is 1. The van der Waals surface area contributed by atoms with E-state index in [-0.39, 0.29) is 5.91 Å². The minimum absolute atomic E-state index is 0.00960. The zero-order chi connectivity index (χ0) is 18.8. The van der Waals surface area contributed by atoms with Gasteiger partial charge in [0.25, 0.3) is 5.91 Å². The van der Waals surface area contributed by atoms with Gasteiger partial charge >= 0.3 is 0 Å². The topological polar surface area (TPSA) is 54.3 Å². The molecule has 6 nitrogen and oxygen atoms in total. The van der Waals surface area contributed by atoms with Crippen molar-refractivity contribution in [1.82, 2.24) is 19.7 Å². The molecule has 0 saturated carbocycles. The van der Waals surface area contributed by atoms with Crippen molar-refractivity contribution in [2.75, 3.05) is 31.1 Å². The lowest BCUT2D eigenvalue weighted by molar-refractivity contribution is 0.0740. The molecular formula is C21H23N5O. The highest BCUT2D eigenvalue weighted by molar-refractivity contribution is 5.92. The molecule has 0 N–H and O–H groups in total. The molecule has 1 amide bonds. The molecule has 27 heavy (non-hydrogen) atoms. The Hall–Kier alpha value is -3.15. The SMILES string of the molecule is Cc1ccc(-n2nc(C(=O)N3CCN(c4ccccn4)CC3)cc2C)cc1. The Kier molecular flexibility index (Phi) is 4.62. The van der Waals surface area contributed by atoms with Crippen LogP contribution in [0.4, 0.5) is 5.82 Å². The molecule has 2 aromatic heterocycles. The van der Waals surface area contributed by atoms with Crippen LogP contribution in [0.25, 0.3) is 5.69 Å². The Morgan fingerprint density at radius 1 is 0.963 bits per heavy atom. The van der Waals surface area contributed by atoms with Crippen LogP contribution in [0, 0.1) is 13.8 Å². The van der Waals surface area contributed by atoms with Gasteiger partial charge in [-0.2, -0.15) is 5.10 Å². The summed E-state index contributed by atoms with van der Waals surface area (Å²) in [7, 11) is 0. The lowest BCUT2D eigenvalue weighted by atomic mass is 10.2. The second-order valence-electron chi connectivity index (χ2n) is 6.89. The Bertz CT molecular complexity index is 925. The van der Waals surface area contributed by atoms with Gasteiger partial charge in [-0.1, -0.05) is 23.8 Å². The number of rotatable bonds is 3. The summed E-state index contributed by atoms with van der Waals surface area (Å²) >= 11 is 0. The zero-order valence-corrected chi connectivity index (χ0v) is 15.7. The number of aryl methyl sites for hydroxylation is 2. The lowest BCUT2D eigenvalue weighted by Crippen LogP contribution is -2.49. The molecule has 1 aromatic carbocycles. The molecule has 0 unspecified atom stereocenters. The Balaban J connectivity index is 1.46. The summed E-state index contributed by atoms with van der Waals surface area (Å²) in [5.41, 5.74) is 3.62. The van der Waals surface area contributed by atoms with Gasteiger partial charge in [0.1, 0.15) is 5.82 Å². The van der Waals surface area contributed by atoms with Gasteiger partial charge in [-0.15, -0.1) is 0 Å². The van der Waals surface area contributed by atoms with Gasteiger partial charge < -0.3 is 9.80 Å². The molecule has 0 radical (unpaired) electrons. The summed E-state index contributed by atoms with van der Waals surface area (Å²) in [6.45, 7) is 6.93. The number of hydrogen-bond donors (Lipinski definition) is 0. The van der Waals surface area contributed by atoms with Crippen LogP contribution in [0.3, 0.4) is 0 Å². The van der Waals surface area contributed by atoms with E-state index in [1.165, 1.54) is 5.56 Å². The number of carbonyl (C=O) groups is 1. The van der Waals surface area contributed by atoms with Gasteiger partial charge in [-0.3, -0.25) is 4.79 Å². The van der Waals surface area contributed by atoms with Gasteiger partial charge in [0.2, 0.25) is 0 Å². The summed E-state index contributed by atoms with van der Waals surface area (Å²) in [6.07, 6.45) is 1.80. The second kappa shape index (κ2) is 7.23.